The Labute approximate surface area is 201 Å². The molecule has 0 aliphatic rings. The van der Waals surface area contributed by atoms with Gasteiger partial charge in [0.05, 0.1) is 7.14 Å². The highest BCUT2D eigenvalue weighted by Crippen LogP contribution is 2.48. The van der Waals surface area contributed by atoms with Crippen molar-refractivity contribution >= 4 is 7.14 Å². The Morgan fingerprint density at radius 1 is 0.375 bits per heavy atom. The minimum Gasteiger partial charge on any atom is -0.385 e. The number of hydrogen-bond donors (Lipinski definition) is 0. The van der Waals surface area contributed by atoms with E-state index < -0.39 is 7.14 Å². The molecule has 0 aliphatic heterocycles. The first-order chi connectivity index (χ1) is 15.7. The van der Waals surface area contributed by atoms with E-state index in [0.29, 0.717) is 0 Å². The lowest BCUT2D eigenvalue weighted by Crippen LogP contribution is -2.02. The van der Waals surface area contributed by atoms with Crippen LogP contribution in [0.4, 0.5) is 0 Å². The summed E-state index contributed by atoms with van der Waals surface area (Å²) in [5, 5.41) is 0. The predicted molar refractivity (Wildman–Crippen MR) is 141 cm³/mol. The van der Waals surface area contributed by atoms with Gasteiger partial charge in [0.15, 0.2) is 0 Å². The van der Waals surface area contributed by atoms with Gasteiger partial charge in [-0.15, -0.1) is 0 Å². The first kappa shape index (κ1) is 32.1. The van der Waals surface area contributed by atoms with E-state index in [4.69, 9.17) is 14.2 Å². The fourth-order valence-corrected chi connectivity index (χ4v) is 7.47. The summed E-state index contributed by atoms with van der Waals surface area (Å²) in [5.41, 5.74) is 0. The molecule has 0 spiro atoms. The zero-order valence-electron chi connectivity index (χ0n) is 22.1. The van der Waals surface area contributed by atoms with Gasteiger partial charge < -0.3 is 18.8 Å². The summed E-state index contributed by atoms with van der Waals surface area (Å²) in [5.74, 6) is 0. The van der Waals surface area contributed by atoms with Gasteiger partial charge in [-0.2, -0.15) is 0 Å². The summed E-state index contributed by atoms with van der Waals surface area (Å²) in [4.78, 5) is 0. The zero-order valence-corrected chi connectivity index (χ0v) is 22.9. The van der Waals surface area contributed by atoms with Gasteiger partial charge in [0.25, 0.3) is 0 Å². The van der Waals surface area contributed by atoms with E-state index in [2.05, 4.69) is 0 Å². The normalized spacial score (nSPS) is 12.0. The molecule has 0 aromatic rings. The van der Waals surface area contributed by atoms with Crippen molar-refractivity contribution in [2.24, 2.45) is 0 Å². The second-order valence-corrected chi connectivity index (χ2v) is 13.0. The number of methoxy groups -OCH3 is 3. The van der Waals surface area contributed by atoms with E-state index >= 15 is 0 Å². The minimum atomic E-state index is -1.98. The van der Waals surface area contributed by atoms with Gasteiger partial charge >= 0.3 is 0 Å². The summed E-state index contributed by atoms with van der Waals surface area (Å²) in [6, 6.07) is 0. The highest BCUT2D eigenvalue weighted by atomic mass is 31.2. The molecule has 0 rings (SSSR count). The molecule has 0 N–H and O–H groups in total. The molecule has 0 amide bonds. The Kier molecular flexibility index (Phi) is 25.8. The molecule has 0 bridgehead atoms. The second-order valence-electron chi connectivity index (χ2n) is 9.57. The average molecular weight is 477 g/mol. The molecule has 0 unspecified atom stereocenters. The Balaban J connectivity index is 4.06. The van der Waals surface area contributed by atoms with Crippen LogP contribution in [0, 0.1) is 0 Å². The maximum absolute atomic E-state index is 13.7. The van der Waals surface area contributed by atoms with Gasteiger partial charge in [0.2, 0.25) is 0 Å². The molecular weight excluding hydrogens is 419 g/mol. The fraction of sp³-hybridized carbons (Fsp3) is 1.00. The van der Waals surface area contributed by atoms with E-state index in [1.54, 1.807) is 21.3 Å². The highest BCUT2D eigenvalue weighted by molar-refractivity contribution is 7.63. The van der Waals surface area contributed by atoms with Gasteiger partial charge in [-0.25, -0.2) is 0 Å². The summed E-state index contributed by atoms with van der Waals surface area (Å²) in [7, 11) is 3.36. The standard InChI is InChI=1S/C27H57O4P/c1-29-22-16-10-4-7-13-19-25-32(28,26-20-14-8-5-11-17-23-30-2)27-21-15-9-6-12-18-24-31-3/h4-27H2,1-3H3. The van der Waals surface area contributed by atoms with Gasteiger partial charge in [-0.1, -0.05) is 77.0 Å². The largest absolute Gasteiger partial charge is 0.385 e. The minimum absolute atomic E-state index is 0.883. The second kappa shape index (κ2) is 25.7. The third-order valence-electron chi connectivity index (χ3n) is 6.49. The van der Waals surface area contributed by atoms with Crippen molar-refractivity contribution in [3.8, 4) is 0 Å². The monoisotopic (exact) mass is 476 g/mol. The lowest BCUT2D eigenvalue weighted by molar-refractivity contribution is 0.192. The molecule has 0 aromatic heterocycles. The topological polar surface area (TPSA) is 44.8 Å². The summed E-state index contributed by atoms with van der Waals surface area (Å²) < 4.78 is 29.1. The van der Waals surface area contributed by atoms with E-state index in [9.17, 15) is 4.57 Å². The zero-order chi connectivity index (χ0) is 23.6. The van der Waals surface area contributed by atoms with E-state index in [-0.39, 0.29) is 0 Å². The van der Waals surface area contributed by atoms with Crippen molar-refractivity contribution in [1.29, 1.82) is 0 Å². The van der Waals surface area contributed by atoms with Crippen molar-refractivity contribution in [3.63, 3.8) is 0 Å². The molecule has 0 aromatic carbocycles. The molecule has 0 radical (unpaired) electrons. The molecule has 0 aliphatic carbocycles. The van der Waals surface area contributed by atoms with Gasteiger partial charge in [0, 0.05) is 59.6 Å². The van der Waals surface area contributed by atoms with E-state index in [1.165, 1.54) is 96.3 Å². The molecule has 0 atom stereocenters. The van der Waals surface area contributed by atoms with Crippen molar-refractivity contribution in [1.82, 2.24) is 0 Å². The van der Waals surface area contributed by atoms with Crippen LogP contribution in [0.5, 0.6) is 0 Å². The maximum Gasteiger partial charge on any atom is 0.0877 e. The first-order valence-electron chi connectivity index (χ1n) is 13.7. The number of rotatable bonds is 27. The van der Waals surface area contributed by atoms with Crippen LogP contribution in [-0.4, -0.2) is 59.6 Å². The van der Waals surface area contributed by atoms with Crippen LogP contribution in [0.1, 0.15) is 116 Å². The Hall–Kier alpha value is 0.110. The number of hydrogen-bond acceptors (Lipinski definition) is 4. The molecule has 0 saturated carbocycles. The van der Waals surface area contributed by atoms with Crippen LogP contribution in [0.2, 0.25) is 0 Å². The van der Waals surface area contributed by atoms with Crippen LogP contribution >= 0.6 is 7.14 Å². The third-order valence-corrected chi connectivity index (χ3v) is 9.89. The SMILES string of the molecule is COCCCCCCCCP(=O)(CCCCCCCCOC)CCCCCCCCOC. The molecular formula is C27H57O4P. The first-order valence-corrected chi connectivity index (χ1v) is 16.0. The van der Waals surface area contributed by atoms with Crippen molar-refractivity contribution in [2.75, 3.05) is 59.6 Å². The number of unbranched alkanes of at least 4 members (excludes halogenated alkanes) is 15. The fourth-order valence-electron chi connectivity index (χ4n) is 4.40. The van der Waals surface area contributed by atoms with Gasteiger partial charge in [-0.05, 0) is 38.5 Å². The van der Waals surface area contributed by atoms with Crippen LogP contribution in [0.3, 0.4) is 0 Å². The van der Waals surface area contributed by atoms with E-state index in [0.717, 1.165) is 57.6 Å². The lowest BCUT2D eigenvalue weighted by atomic mass is 10.1. The molecule has 32 heavy (non-hydrogen) atoms. The van der Waals surface area contributed by atoms with Crippen LogP contribution < -0.4 is 0 Å². The van der Waals surface area contributed by atoms with Crippen LogP contribution in [0.25, 0.3) is 0 Å². The molecule has 5 heteroatoms. The van der Waals surface area contributed by atoms with Crippen molar-refractivity contribution < 1.29 is 18.8 Å². The lowest BCUT2D eigenvalue weighted by Gasteiger charge is -2.19. The Bertz CT molecular complexity index is 346. The van der Waals surface area contributed by atoms with Crippen molar-refractivity contribution in [3.05, 3.63) is 0 Å². The van der Waals surface area contributed by atoms with Crippen LogP contribution in [-0.2, 0) is 18.8 Å². The van der Waals surface area contributed by atoms with Gasteiger partial charge in [0.1, 0.15) is 0 Å². The van der Waals surface area contributed by atoms with Gasteiger partial charge in [-0.3, -0.25) is 0 Å². The Morgan fingerprint density at radius 2 is 0.594 bits per heavy atom. The van der Waals surface area contributed by atoms with Crippen molar-refractivity contribution in [2.45, 2.75) is 116 Å². The summed E-state index contributed by atoms with van der Waals surface area (Å²) in [6.07, 6.45) is 25.2. The molecule has 194 valence electrons. The van der Waals surface area contributed by atoms with Crippen LogP contribution in [0.15, 0.2) is 0 Å². The molecule has 4 nitrogen and oxygen atoms in total. The maximum atomic E-state index is 13.7. The smallest absolute Gasteiger partial charge is 0.0877 e. The summed E-state index contributed by atoms with van der Waals surface area (Å²) in [6.45, 7) is 2.65. The average Bonchev–Trinajstić information content (AvgIpc) is 2.79. The summed E-state index contributed by atoms with van der Waals surface area (Å²) >= 11 is 0. The molecule has 0 fully saturated rings. The third kappa shape index (κ3) is 23.3. The predicted octanol–water partition coefficient (Wildman–Crippen LogP) is 8.31. The quantitative estimate of drug-likeness (QED) is 0.0883. The Morgan fingerprint density at radius 3 is 0.844 bits per heavy atom. The molecule has 0 saturated heterocycles. The van der Waals surface area contributed by atoms with E-state index in [1.807, 2.05) is 0 Å². The molecule has 0 heterocycles. The number of ether oxygens (including phenoxy) is 3. The highest BCUT2D eigenvalue weighted by Gasteiger charge is 2.20.